The molecule has 6 nitrogen and oxygen atoms in total. The van der Waals surface area contributed by atoms with Crippen LogP contribution in [0.5, 0.6) is 0 Å². The van der Waals surface area contributed by atoms with Crippen molar-refractivity contribution in [2.24, 2.45) is 7.05 Å². The van der Waals surface area contributed by atoms with Gasteiger partial charge < -0.3 is 14.2 Å². The van der Waals surface area contributed by atoms with E-state index in [-0.39, 0.29) is 0 Å². The molecule has 2 heterocycles. The average molecular weight is 501 g/mol. The summed E-state index contributed by atoms with van der Waals surface area (Å²) in [6.45, 7) is 2.86. The summed E-state index contributed by atoms with van der Waals surface area (Å²) in [4.78, 5) is 21.5. The molecule has 0 atom stereocenters. The lowest BCUT2D eigenvalue weighted by Crippen LogP contribution is -2.05. The first-order valence-electron chi connectivity index (χ1n) is 12.9. The van der Waals surface area contributed by atoms with E-state index in [1.807, 2.05) is 42.5 Å². The zero-order valence-corrected chi connectivity index (χ0v) is 21.4. The van der Waals surface area contributed by atoms with Gasteiger partial charge >= 0.3 is 5.97 Å². The number of hydrogen-bond acceptors (Lipinski definition) is 3. The average Bonchev–Trinajstić information content (AvgIpc) is 3.46. The number of nitrogens with zero attached hydrogens (tertiary/aromatic N) is 4. The molecular weight excluding hydrogens is 472 g/mol. The van der Waals surface area contributed by atoms with Gasteiger partial charge in [-0.2, -0.15) is 0 Å². The van der Waals surface area contributed by atoms with Crippen molar-refractivity contribution >= 4 is 28.0 Å². The molecule has 0 saturated carbocycles. The summed E-state index contributed by atoms with van der Waals surface area (Å²) in [5.74, 6) is 1.07. The normalized spacial score (nSPS) is 11.4. The second-order valence-electron chi connectivity index (χ2n) is 9.60. The molecule has 0 spiro atoms. The SMILES string of the molecule is CCCc1nc2cc(-c3nc4ccccc4n3C)ccc2n1Cc1ccc(-c2ccccc2C(=O)O)cc1. The minimum atomic E-state index is -0.920. The molecule has 6 aromatic rings. The molecule has 0 radical (unpaired) electrons. The van der Waals surface area contributed by atoms with E-state index in [1.54, 1.807) is 12.1 Å². The zero-order valence-electron chi connectivity index (χ0n) is 21.4. The van der Waals surface area contributed by atoms with Gasteiger partial charge in [0.1, 0.15) is 11.6 Å². The molecule has 0 amide bonds. The molecule has 4 aromatic carbocycles. The van der Waals surface area contributed by atoms with Crippen LogP contribution >= 0.6 is 0 Å². The van der Waals surface area contributed by atoms with Crippen molar-refractivity contribution in [1.29, 1.82) is 0 Å². The summed E-state index contributed by atoms with van der Waals surface area (Å²) in [5.41, 5.74) is 8.25. The highest BCUT2D eigenvalue weighted by Gasteiger charge is 2.15. The molecule has 38 heavy (non-hydrogen) atoms. The van der Waals surface area contributed by atoms with E-state index in [9.17, 15) is 9.90 Å². The molecule has 0 bridgehead atoms. The number of benzene rings is 4. The molecule has 188 valence electrons. The number of para-hydroxylation sites is 2. The number of aromatic nitrogens is 4. The smallest absolute Gasteiger partial charge is 0.336 e. The number of carboxylic acid groups (broad SMARTS) is 1. The number of aromatic carboxylic acids is 1. The highest BCUT2D eigenvalue weighted by molar-refractivity contribution is 5.96. The van der Waals surface area contributed by atoms with Crippen LogP contribution < -0.4 is 0 Å². The molecule has 0 fully saturated rings. The molecule has 0 unspecified atom stereocenters. The zero-order chi connectivity index (χ0) is 26.2. The Balaban J connectivity index is 1.35. The fourth-order valence-electron chi connectivity index (χ4n) is 5.21. The van der Waals surface area contributed by atoms with E-state index >= 15 is 0 Å². The van der Waals surface area contributed by atoms with Crippen LogP contribution in [0.3, 0.4) is 0 Å². The third-order valence-electron chi connectivity index (χ3n) is 7.11. The van der Waals surface area contributed by atoms with Crippen LogP contribution in [0, 0.1) is 0 Å². The van der Waals surface area contributed by atoms with Crippen molar-refractivity contribution in [3.05, 3.63) is 108 Å². The highest BCUT2D eigenvalue weighted by Crippen LogP contribution is 2.29. The lowest BCUT2D eigenvalue weighted by Gasteiger charge is -2.11. The van der Waals surface area contributed by atoms with E-state index in [4.69, 9.17) is 9.97 Å². The molecule has 0 aliphatic carbocycles. The minimum absolute atomic E-state index is 0.308. The Kier molecular flexibility index (Phi) is 6.00. The quantitative estimate of drug-likeness (QED) is 0.257. The Hall–Kier alpha value is -4.71. The van der Waals surface area contributed by atoms with Crippen molar-refractivity contribution in [3.8, 4) is 22.5 Å². The second-order valence-corrected chi connectivity index (χ2v) is 9.60. The summed E-state index contributed by atoms with van der Waals surface area (Å²) in [5, 5.41) is 9.56. The van der Waals surface area contributed by atoms with Crippen LogP contribution in [-0.2, 0) is 20.0 Å². The third kappa shape index (κ3) is 4.14. The number of aryl methyl sites for hydroxylation is 2. The standard InChI is InChI=1S/C32H28N4O2/c1-3-8-30-33-27-19-23(31-34-26-11-6-7-12-28(26)35(31)2)17-18-29(27)36(30)20-21-13-15-22(16-14-21)24-9-4-5-10-25(24)32(37)38/h4-7,9-19H,3,8,20H2,1-2H3,(H,37,38). The number of imidazole rings is 2. The van der Waals surface area contributed by atoms with E-state index in [1.165, 1.54) is 0 Å². The molecule has 1 N–H and O–H groups in total. The summed E-state index contributed by atoms with van der Waals surface area (Å²) < 4.78 is 4.42. The molecule has 6 rings (SSSR count). The number of fused-ring (bicyclic) bond motifs is 2. The van der Waals surface area contributed by atoms with Gasteiger partial charge in [-0.15, -0.1) is 0 Å². The largest absolute Gasteiger partial charge is 0.478 e. The molecular formula is C32H28N4O2. The Morgan fingerprint density at radius 1 is 0.816 bits per heavy atom. The van der Waals surface area contributed by atoms with Crippen LogP contribution in [0.1, 0.15) is 35.1 Å². The number of rotatable bonds is 7. The summed E-state index contributed by atoms with van der Waals surface area (Å²) in [6.07, 6.45) is 1.90. The number of hydrogen-bond donors (Lipinski definition) is 1. The maximum absolute atomic E-state index is 11.7. The van der Waals surface area contributed by atoms with Gasteiger partial charge in [0.25, 0.3) is 0 Å². The molecule has 2 aromatic heterocycles. The highest BCUT2D eigenvalue weighted by atomic mass is 16.4. The van der Waals surface area contributed by atoms with Crippen molar-refractivity contribution < 1.29 is 9.90 Å². The van der Waals surface area contributed by atoms with Gasteiger partial charge in [0.2, 0.25) is 0 Å². The summed E-state index contributed by atoms with van der Waals surface area (Å²) >= 11 is 0. The fourth-order valence-corrected chi connectivity index (χ4v) is 5.21. The molecule has 0 saturated heterocycles. The topological polar surface area (TPSA) is 72.9 Å². The van der Waals surface area contributed by atoms with E-state index in [0.29, 0.717) is 12.1 Å². The minimum Gasteiger partial charge on any atom is -0.478 e. The third-order valence-corrected chi connectivity index (χ3v) is 7.11. The number of carbonyl (C=O) groups is 1. The van der Waals surface area contributed by atoms with Gasteiger partial charge in [0, 0.05) is 25.6 Å². The molecule has 0 aliphatic heterocycles. The van der Waals surface area contributed by atoms with Crippen molar-refractivity contribution in [1.82, 2.24) is 19.1 Å². The van der Waals surface area contributed by atoms with Gasteiger partial charge in [-0.05, 0) is 59.5 Å². The van der Waals surface area contributed by atoms with Gasteiger partial charge in [-0.1, -0.05) is 61.5 Å². The monoisotopic (exact) mass is 500 g/mol. The maximum atomic E-state index is 11.7. The van der Waals surface area contributed by atoms with E-state index < -0.39 is 5.97 Å². The lowest BCUT2D eigenvalue weighted by molar-refractivity contribution is 0.0697. The predicted molar refractivity (Wildman–Crippen MR) is 151 cm³/mol. The van der Waals surface area contributed by atoms with Gasteiger partial charge in [0.05, 0.1) is 27.6 Å². The van der Waals surface area contributed by atoms with Gasteiger partial charge in [-0.3, -0.25) is 0 Å². The van der Waals surface area contributed by atoms with Crippen LogP contribution in [0.15, 0.2) is 91.0 Å². The number of carboxylic acids is 1. The maximum Gasteiger partial charge on any atom is 0.336 e. The van der Waals surface area contributed by atoms with Gasteiger partial charge in [-0.25, -0.2) is 14.8 Å². The Morgan fingerprint density at radius 2 is 1.55 bits per heavy atom. The van der Waals surface area contributed by atoms with Crippen molar-refractivity contribution in [2.45, 2.75) is 26.3 Å². The van der Waals surface area contributed by atoms with Crippen LogP contribution in [-0.4, -0.2) is 30.2 Å². The first kappa shape index (κ1) is 23.7. The molecule has 6 heteroatoms. The van der Waals surface area contributed by atoms with E-state index in [2.05, 4.69) is 59.5 Å². The second kappa shape index (κ2) is 9.63. The van der Waals surface area contributed by atoms with Crippen molar-refractivity contribution in [3.63, 3.8) is 0 Å². The Labute approximate surface area is 220 Å². The fraction of sp³-hybridized carbons (Fsp3) is 0.156. The Morgan fingerprint density at radius 3 is 2.32 bits per heavy atom. The molecule has 0 aliphatic rings. The summed E-state index contributed by atoms with van der Waals surface area (Å²) in [6, 6.07) is 29.8. The van der Waals surface area contributed by atoms with Crippen LogP contribution in [0.2, 0.25) is 0 Å². The first-order valence-corrected chi connectivity index (χ1v) is 12.9. The van der Waals surface area contributed by atoms with Crippen molar-refractivity contribution in [2.75, 3.05) is 0 Å². The van der Waals surface area contributed by atoms with E-state index in [0.717, 1.165) is 68.8 Å². The van der Waals surface area contributed by atoms with Crippen LogP contribution in [0.4, 0.5) is 0 Å². The lowest BCUT2D eigenvalue weighted by atomic mass is 9.99. The Bertz CT molecular complexity index is 1790. The van der Waals surface area contributed by atoms with Crippen LogP contribution in [0.25, 0.3) is 44.6 Å². The summed E-state index contributed by atoms with van der Waals surface area (Å²) in [7, 11) is 2.05. The predicted octanol–water partition coefficient (Wildman–Crippen LogP) is 6.96. The van der Waals surface area contributed by atoms with Gasteiger partial charge in [0.15, 0.2) is 0 Å². The first-order chi connectivity index (χ1) is 18.5.